The summed E-state index contributed by atoms with van der Waals surface area (Å²) in [5.74, 6) is -0.329. The molecule has 1 aliphatic rings. The summed E-state index contributed by atoms with van der Waals surface area (Å²) in [4.78, 5) is 12.8. The highest BCUT2D eigenvalue weighted by Gasteiger charge is 2.34. The van der Waals surface area contributed by atoms with Gasteiger partial charge in [-0.2, -0.15) is 5.26 Å². The summed E-state index contributed by atoms with van der Waals surface area (Å²) < 4.78 is 7.02. The number of benzene rings is 1. The van der Waals surface area contributed by atoms with Crippen molar-refractivity contribution in [3.63, 3.8) is 0 Å². The third-order valence-corrected chi connectivity index (χ3v) is 4.87. The lowest BCUT2D eigenvalue weighted by Crippen LogP contribution is -2.31. The largest absolute Gasteiger partial charge is 0.440 e. The molecule has 0 fully saturated rings. The van der Waals surface area contributed by atoms with Gasteiger partial charge in [0.25, 0.3) is 5.56 Å². The maximum Gasteiger partial charge on any atom is 0.258 e. The topological polar surface area (TPSA) is 81.0 Å². The van der Waals surface area contributed by atoms with Crippen molar-refractivity contribution in [1.29, 1.82) is 5.26 Å². The Balaban J connectivity index is 2.35. The molecular weight excluding hydrogens is 349 g/mol. The average Bonchev–Trinajstić information content (AvgIpc) is 2.54. The van der Waals surface area contributed by atoms with E-state index in [2.05, 4.69) is 0 Å². The minimum Gasteiger partial charge on any atom is -0.440 e. The van der Waals surface area contributed by atoms with Crippen molar-refractivity contribution in [1.82, 2.24) is 4.57 Å². The van der Waals surface area contributed by atoms with Crippen molar-refractivity contribution in [2.75, 3.05) is 0 Å². The molecule has 24 heavy (non-hydrogen) atoms. The van der Waals surface area contributed by atoms with Crippen LogP contribution >= 0.6 is 23.2 Å². The Bertz CT molecular complexity index is 987. The standard InChI is InChI=1S/C17H13Cl2N3O2/c1-8-5-13-15(17(23)22(8)2)14(10(7-20)16(21)24-13)9-3-4-11(18)12(19)6-9/h3-6,14H,21H2,1-2H3/t14-/m0/s1. The summed E-state index contributed by atoms with van der Waals surface area (Å²) in [6.07, 6.45) is 0. The number of fused-ring (bicyclic) bond motifs is 1. The van der Waals surface area contributed by atoms with Crippen molar-refractivity contribution >= 4 is 23.2 Å². The zero-order valence-corrected chi connectivity index (χ0v) is 14.4. The van der Waals surface area contributed by atoms with Gasteiger partial charge in [-0.15, -0.1) is 0 Å². The lowest BCUT2D eigenvalue weighted by atomic mass is 9.84. The van der Waals surface area contributed by atoms with Crippen molar-refractivity contribution in [2.45, 2.75) is 12.8 Å². The number of pyridine rings is 1. The molecule has 0 spiro atoms. The summed E-state index contributed by atoms with van der Waals surface area (Å²) >= 11 is 12.1. The average molecular weight is 362 g/mol. The van der Waals surface area contributed by atoms with E-state index in [9.17, 15) is 10.1 Å². The number of ether oxygens (including phenoxy) is 1. The second-order valence-electron chi connectivity index (χ2n) is 5.53. The zero-order valence-electron chi connectivity index (χ0n) is 12.9. The van der Waals surface area contributed by atoms with Crippen LogP contribution in [0.25, 0.3) is 0 Å². The second kappa shape index (κ2) is 5.90. The van der Waals surface area contributed by atoms with Crippen LogP contribution < -0.4 is 16.0 Å². The molecule has 122 valence electrons. The number of nitriles is 1. The van der Waals surface area contributed by atoms with Crippen LogP contribution in [-0.2, 0) is 7.05 Å². The van der Waals surface area contributed by atoms with Crippen LogP contribution in [-0.4, -0.2) is 4.57 Å². The third-order valence-electron chi connectivity index (χ3n) is 4.13. The number of halogens is 2. The first kappa shape index (κ1) is 16.4. The van der Waals surface area contributed by atoms with Crippen molar-refractivity contribution < 1.29 is 4.74 Å². The lowest BCUT2D eigenvalue weighted by Gasteiger charge is -2.27. The number of allylic oxidation sites excluding steroid dienone is 1. The molecule has 1 aromatic heterocycles. The maximum absolute atomic E-state index is 12.8. The zero-order chi connectivity index (χ0) is 17.6. The highest BCUT2D eigenvalue weighted by molar-refractivity contribution is 6.42. The predicted molar refractivity (Wildman–Crippen MR) is 92.2 cm³/mol. The van der Waals surface area contributed by atoms with Gasteiger partial charge >= 0.3 is 0 Å². The van der Waals surface area contributed by atoms with Crippen LogP contribution in [0.1, 0.15) is 22.7 Å². The second-order valence-corrected chi connectivity index (χ2v) is 6.34. The third kappa shape index (κ3) is 2.44. The van der Waals surface area contributed by atoms with Gasteiger partial charge < -0.3 is 15.0 Å². The molecule has 1 atom stereocenters. The number of aryl methyl sites for hydroxylation is 1. The Hall–Kier alpha value is -2.42. The number of hydrogen-bond donors (Lipinski definition) is 1. The molecule has 7 heteroatoms. The number of aromatic nitrogens is 1. The van der Waals surface area contributed by atoms with Crippen LogP contribution in [0.15, 0.2) is 40.5 Å². The molecule has 2 aromatic rings. The van der Waals surface area contributed by atoms with E-state index >= 15 is 0 Å². The molecule has 1 aromatic carbocycles. The van der Waals surface area contributed by atoms with Crippen LogP contribution in [0.4, 0.5) is 0 Å². The van der Waals surface area contributed by atoms with Gasteiger partial charge in [0, 0.05) is 18.8 Å². The van der Waals surface area contributed by atoms with Crippen molar-refractivity contribution in [3.8, 4) is 11.8 Å². The molecule has 2 heterocycles. The van der Waals surface area contributed by atoms with Gasteiger partial charge in [0.05, 0.1) is 21.5 Å². The molecule has 1 aliphatic heterocycles. The number of hydrogen-bond acceptors (Lipinski definition) is 4. The van der Waals surface area contributed by atoms with Gasteiger partial charge in [0.15, 0.2) is 0 Å². The summed E-state index contributed by atoms with van der Waals surface area (Å²) in [5.41, 5.74) is 7.55. The van der Waals surface area contributed by atoms with E-state index in [4.69, 9.17) is 33.7 Å². The molecule has 0 saturated carbocycles. The molecule has 0 unspecified atom stereocenters. The van der Waals surface area contributed by atoms with Gasteiger partial charge in [0.2, 0.25) is 5.88 Å². The fourth-order valence-electron chi connectivity index (χ4n) is 2.77. The molecule has 0 saturated heterocycles. The summed E-state index contributed by atoms with van der Waals surface area (Å²) in [7, 11) is 1.66. The smallest absolute Gasteiger partial charge is 0.258 e. The van der Waals surface area contributed by atoms with Crippen LogP contribution in [0, 0.1) is 18.3 Å². The molecule has 2 N–H and O–H groups in total. The van der Waals surface area contributed by atoms with E-state index in [1.807, 2.05) is 6.07 Å². The fourth-order valence-corrected chi connectivity index (χ4v) is 3.07. The molecule has 3 rings (SSSR count). The SMILES string of the molecule is Cc1cc2c(c(=O)n1C)[C@@H](c1ccc(Cl)c(Cl)c1)C(C#N)=C(N)O2. The van der Waals surface area contributed by atoms with Gasteiger partial charge in [-0.05, 0) is 24.6 Å². The highest BCUT2D eigenvalue weighted by atomic mass is 35.5. The maximum atomic E-state index is 12.8. The summed E-state index contributed by atoms with van der Waals surface area (Å²) in [6.45, 7) is 1.79. The Morgan fingerprint density at radius 2 is 2.00 bits per heavy atom. The van der Waals surface area contributed by atoms with E-state index in [1.165, 1.54) is 4.57 Å². The van der Waals surface area contributed by atoms with Crippen LogP contribution in [0.2, 0.25) is 10.0 Å². The van der Waals surface area contributed by atoms with E-state index in [0.29, 0.717) is 26.9 Å². The normalized spacial score (nSPS) is 16.4. The molecule has 0 bridgehead atoms. The fraction of sp³-hybridized carbons (Fsp3) is 0.176. The van der Waals surface area contributed by atoms with E-state index in [1.54, 1.807) is 38.2 Å². The predicted octanol–water partition coefficient (Wildman–Crippen LogP) is 3.22. The molecule has 0 amide bonds. The Labute approximate surface area is 148 Å². The lowest BCUT2D eigenvalue weighted by molar-refractivity contribution is 0.389. The Kier molecular flexibility index (Phi) is 4.04. The van der Waals surface area contributed by atoms with Gasteiger partial charge in [-0.3, -0.25) is 4.79 Å². The van der Waals surface area contributed by atoms with Crippen LogP contribution in [0.5, 0.6) is 5.75 Å². The molecule has 0 radical (unpaired) electrons. The van der Waals surface area contributed by atoms with Crippen molar-refractivity contribution in [2.24, 2.45) is 12.8 Å². The highest BCUT2D eigenvalue weighted by Crippen LogP contribution is 2.41. The minimum absolute atomic E-state index is 0.0197. The van der Waals surface area contributed by atoms with Gasteiger partial charge in [0.1, 0.15) is 17.4 Å². The summed E-state index contributed by atoms with van der Waals surface area (Å²) in [6, 6.07) is 8.74. The number of nitrogens with zero attached hydrogens (tertiary/aromatic N) is 2. The molecular formula is C17H13Cl2N3O2. The molecule has 5 nitrogen and oxygen atoms in total. The monoisotopic (exact) mass is 361 g/mol. The number of nitrogens with two attached hydrogens (primary N) is 1. The first-order valence-corrected chi connectivity index (χ1v) is 7.83. The summed E-state index contributed by atoms with van der Waals surface area (Å²) in [5, 5.41) is 10.2. The van der Waals surface area contributed by atoms with Crippen LogP contribution in [0.3, 0.4) is 0 Å². The van der Waals surface area contributed by atoms with Crippen molar-refractivity contribution in [3.05, 3.63) is 72.9 Å². The van der Waals surface area contributed by atoms with Gasteiger partial charge in [-0.1, -0.05) is 29.3 Å². The van der Waals surface area contributed by atoms with E-state index in [0.717, 1.165) is 5.69 Å². The number of rotatable bonds is 1. The first-order chi connectivity index (χ1) is 11.3. The molecule has 0 aliphatic carbocycles. The quantitative estimate of drug-likeness (QED) is 0.845. The van der Waals surface area contributed by atoms with E-state index < -0.39 is 5.92 Å². The Morgan fingerprint density at radius 3 is 2.62 bits per heavy atom. The van der Waals surface area contributed by atoms with Gasteiger partial charge in [-0.25, -0.2) is 0 Å². The van der Waals surface area contributed by atoms with E-state index in [-0.39, 0.29) is 17.0 Å². The Morgan fingerprint density at radius 1 is 1.29 bits per heavy atom. The first-order valence-electron chi connectivity index (χ1n) is 7.08. The minimum atomic E-state index is -0.659.